The number of aliphatic hydroxyl groups excluding tert-OH is 1. The van der Waals surface area contributed by atoms with Crippen LogP contribution in [0.3, 0.4) is 0 Å². The van der Waals surface area contributed by atoms with Gasteiger partial charge in [-0.1, -0.05) is 0 Å². The summed E-state index contributed by atoms with van der Waals surface area (Å²) in [5.74, 6) is -1.18. The molecule has 0 radical (unpaired) electrons. The van der Waals surface area contributed by atoms with E-state index in [9.17, 15) is 18.7 Å². The van der Waals surface area contributed by atoms with E-state index in [1.54, 1.807) is 4.90 Å². The Morgan fingerprint density at radius 2 is 2.13 bits per heavy atom. The van der Waals surface area contributed by atoms with Crippen molar-refractivity contribution in [3.8, 4) is 0 Å². The fourth-order valence-corrected chi connectivity index (χ4v) is 3.39. The van der Waals surface area contributed by atoms with Gasteiger partial charge in [-0.15, -0.1) is 0 Å². The van der Waals surface area contributed by atoms with Gasteiger partial charge < -0.3 is 20.2 Å². The number of nitrogens with one attached hydrogen (secondary N) is 1. The minimum Gasteiger partial charge on any atom is -0.394 e. The van der Waals surface area contributed by atoms with Gasteiger partial charge in [-0.25, -0.2) is 13.6 Å². The number of urea groups is 1. The molecule has 3 rings (SSSR count). The monoisotopic (exact) mass is 325 g/mol. The number of benzene rings is 1. The van der Waals surface area contributed by atoms with E-state index >= 15 is 0 Å². The Morgan fingerprint density at radius 1 is 1.30 bits per heavy atom. The summed E-state index contributed by atoms with van der Waals surface area (Å²) in [4.78, 5) is 15.8. The number of hydrogen-bond acceptors (Lipinski definition) is 3. The standard InChI is InChI=1S/C16H21F2N3O2/c17-11-3-4-15(14(18)8-11)20-7-5-12(9-20)19-16(23)21-6-1-2-13(21)10-22/h3-4,8,12-13,22H,1-2,5-7,9-10H2,(H,19,23)/t12?,13-/m0/s1. The van der Waals surface area contributed by atoms with Crippen LogP contribution in [0.5, 0.6) is 0 Å². The molecular formula is C16H21F2N3O2. The van der Waals surface area contributed by atoms with Crippen LogP contribution in [0.15, 0.2) is 18.2 Å². The quantitative estimate of drug-likeness (QED) is 0.889. The van der Waals surface area contributed by atoms with E-state index in [4.69, 9.17) is 0 Å². The van der Waals surface area contributed by atoms with Crippen molar-refractivity contribution >= 4 is 11.7 Å². The maximum Gasteiger partial charge on any atom is 0.318 e. The summed E-state index contributed by atoms with van der Waals surface area (Å²) < 4.78 is 26.8. The molecule has 2 N–H and O–H groups in total. The number of halogens is 2. The molecule has 2 fully saturated rings. The van der Waals surface area contributed by atoms with Crippen molar-refractivity contribution in [3.05, 3.63) is 29.8 Å². The Balaban J connectivity index is 1.58. The minimum atomic E-state index is -0.598. The molecule has 0 aromatic heterocycles. The first-order valence-electron chi connectivity index (χ1n) is 7.96. The molecule has 2 atom stereocenters. The molecule has 0 bridgehead atoms. The van der Waals surface area contributed by atoms with Crippen LogP contribution >= 0.6 is 0 Å². The Labute approximate surface area is 133 Å². The van der Waals surface area contributed by atoms with E-state index in [-0.39, 0.29) is 24.7 Å². The minimum absolute atomic E-state index is 0.0228. The van der Waals surface area contributed by atoms with E-state index in [1.807, 2.05) is 4.90 Å². The molecule has 2 heterocycles. The van der Waals surface area contributed by atoms with Crippen molar-refractivity contribution in [2.75, 3.05) is 31.1 Å². The number of aliphatic hydroxyl groups is 1. The Kier molecular flexibility index (Phi) is 4.66. The molecule has 2 saturated heterocycles. The number of nitrogens with zero attached hydrogens (tertiary/aromatic N) is 2. The van der Waals surface area contributed by atoms with Crippen LogP contribution in [-0.4, -0.2) is 54.4 Å². The Hall–Kier alpha value is -1.89. The molecule has 2 aliphatic heterocycles. The fourth-order valence-electron chi connectivity index (χ4n) is 3.39. The molecule has 1 aromatic rings. The van der Waals surface area contributed by atoms with E-state index in [2.05, 4.69) is 5.32 Å². The summed E-state index contributed by atoms with van der Waals surface area (Å²) in [7, 11) is 0. The summed E-state index contributed by atoms with van der Waals surface area (Å²) in [5, 5.41) is 12.2. The number of anilines is 1. The van der Waals surface area contributed by atoms with Crippen LogP contribution in [0.4, 0.5) is 19.3 Å². The number of carbonyl (C=O) groups is 1. The van der Waals surface area contributed by atoms with Crippen molar-refractivity contribution in [2.24, 2.45) is 0 Å². The van der Waals surface area contributed by atoms with Gasteiger partial charge in [0.05, 0.1) is 18.3 Å². The third-order valence-electron chi connectivity index (χ3n) is 4.62. The number of amides is 2. The van der Waals surface area contributed by atoms with Crippen LogP contribution in [-0.2, 0) is 0 Å². The third-order valence-corrected chi connectivity index (χ3v) is 4.62. The van der Waals surface area contributed by atoms with Crippen LogP contribution in [0.1, 0.15) is 19.3 Å². The Bertz CT molecular complexity index is 584. The van der Waals surface area contributed by atoms with Crippen molar-refractivity contribution in [1.29, 1.82) is 0 Å². The van der Waals surface area contributed by atoms with E-state index in [1.165, 1.54) is 12.1 Å². The molecule has 0 saturated carbocycles. The molecule has 0 spiro atoms. The Morgan fingerprint density at radius 3 is 2.87 bits per heavy atom. The third kappa shape index (κ3) is 3.39. The summed E-state index contributed by atoms with van der Waals surface area (Å²) in [6, 6.07) is 3.18. The molecule has 0 aliphatic carbocycles. The molecule has 7 heteroatoms. The van der Waals surface area contributed by atoms with Crippen molar-refractivity contribution in [3.63, 3.8) is 0 Å². The van der Waals surface area contributed by atoms with Gasteiger partial charge in [0, 0.05) is 31.7 Å². The lowest BCUT2D eigenvalue weighted by Crippen LogP contribution is -2.48. The molecule has 1 aromatic carbocycles. The average Bonchev–Trinajstić information content (AvgIpc) is 3.15. The summed E-state index contributed by atoms with van der Waals surface area (Å²) in [5.41, 5.74) is 0.359. The molecule has 23 heavy (non-hydrogen) atoms. The number of rotatable bonds is 3. The molecule has 2 aliphatic rings. The van der Waals surface area contributed by atoms with E-state index < -0.39 is 11.6 Å². The zero-order chi connectivity index (χ0) is 16.4. The van der Waals surface area contributed by atoms with Crippen LogP contribution < -0.4 is 10.2 Å². The highest BCUT2D eigenvalue weighted by atomic mass is 19.1. The highest BCUT2D eigenvalue weighted by molar-refractivity contribution is 5.75. The first kappa shape index (κ1) is 16.0. The first-order chi connectivity index (χ1) is 11.1. The summed E-state index contributed by atoms with van der Waals surface area (Å²) >= 11 is 0. The van der Waals surface area contributed by atoms with Gasteiger partial charge in [-0.3, -0.25) is 0 Å². The second-order valence-corrected chi connectivity index (χ2v) is 6.15. The van der Waals surface area contributed by atoms with Gasteiger partial charge in [-0.2, -0.15) is 0 Å². The SMILES string of the molecule is O=C(NC1CCN(c2ccc(F)cc2F)C1)N1CCC[C@H]1CO. The molecule has 5 nitrogen and oxygen atoms in total. The number of carbonyl (C=O) groups excluding carboxylic acids is 1. The maximum atomic E-state index is 13.8. The molecule has 126 valence electrons. The maximum absolute atomic E-state index is 13.8. The van der Waals surface area contributed by atoms with Gasteiger partial charge >= 0.3 is 6.03 Å². The molecular weight excluding hydrogens is 304 g/mol. The second kappa shape index (κ2) is 6.70. The van der Waals surface area contributed by atoms with Gasteiger partial charge in [0.15, 0.2) is 0 Å². The zero-order valence-corrected chi connectivity index (χ0v) is 12.8. The van der Waals surface area contributed by atoms with Gasteiger partial charge in [-0.05, 0) is 31.4 Å². The smallest absolute Gasteiger partial charge is 0.318 e. The highest BCUT2D eigenvalue weighted by Gasteiger charge is 2.31. The number of hydrogen-bond donors (Lipinski definition) is 2. The lowest BCUT2D eigenvalue weighted by atomic mass is 10.2. The topological polar surface area (TPSA) is 55.8 Å². The largest absolute Gasteiger partial charge is 0.394 e. The fraction of sp³-hybridized carbons (Fsp3) is 0.562. The number of likely N-dealkylation sites (tertiary alicyclic amines) is 1. The lowest BCUT2D eigenvalue weighted by molar-refractivity contribution is 0.155. The van der Waals surface area contributed by atoms with Crippen molar-refractivity contribution in [1.82, 2.24) is 10.2 Å². The summed E-state index contributed by atoms with van der Waals surface area (Å²) in [6.45, 7) is 1.73. The van der Waals surface area contributed by atoms with E-state index in [0.29, 0.717) is 31.7 Å². The van der Waals surface area contributed by atoms with Gasteiger partial charge in [0.2, 0.25) is 0 Å². The van der Waals surface area contributed by atoms with Crippen LogP contribution in [0, 0.1) is 11.6 Å². The highest BCUT2D eigenvalue weighted by Crippen LogP contribution is 2.25. The average molecular weight is 325 g/mol. The van der Waals surface area contributed by atoms with Crippen molar-refractivity contribution in [2.45, 2.75) is 31.3 Å². The predicted molar refractivity (Wildman–Crippen MR) is 82.3 cm³/mol. The second-order valence-electron chi connectivity index (χ2n) is 6.15. The summed E-state index contributed by atoms with van der Waals surface area (Å²) in [6.07, 6.45) is 2.43. The molecule has 1 unspecified atom stereocenters. The van der Waals surface area contributed by atoms with Gasteiger partial charge in [0.1, 0.15) is 11.6 Å². The predicted octanol–water partition coefficient (Wildman–Crippen LogP) is 1.71. The normalized spacial score (nSPS) is 24.3. The van der Waals surface area contributed by atoms with E-state index in [0.717, 1.165) is 18.9 Å². The van der Waals surface area contributed by atoms with Gasteiger partial charge in [0.25, 0.3) is 0 Å². The van der Waals surface area contributed by atoms with Crippen LogP contribution in [0.25, 0.3) is 0 Å². The zero-order valence-electron chi connectivity index (χ0n) is 12.8. The lowest BCUT2D eigenvalue weighted by Gasteiger charge is -2.25. The van der Waals surface area contributed by atoms with Crippen LogP contribution in [0.2, 0.25) is 0 Å². The molecule has 2 amide bonds. The first-order valence-corrected chi connectivity index (χ1v) is 7.96. The van der Waals surface area contributed by atoms with Crippen molar-refractivity contribution < 1.29 is 18.7 Å².